The van der Waals surface area contributed by atoms with Gasteiger partial charge in [0.15, 0.2) is 10.9 Å². The SMILES string of the molecule is CCCn1c(SCC(=O)c2cccn2C)nc2cc(Cl)ccc21. The Morgan fingerprint density at radius 3 is 2.87 bits per heavy atom. The highest BCUT2D eigenvalue weighted by Gasteiger charge is 2.15. The largest absolute Gasteiger partial charge is 0.348 e. The lowest BCUT2D eigenvalue weighted by Gasteiger charge is -2.07. The van der Waals surface area contributed by atoms with Crippen LogP contribution in [0.25, 0.3) is 11.0 Å². The minimum atomic E-state index is 0.107. The molecule has 0 saturated carbocycles. The van der Waals surface area contributed by atoms with Crippen molar-refractivity contribution in [3.05, 3.63) is 47.2 Å². The summed E-state index contributed by atoms with van der Waals surface area (Å²) >= 11 is 7.54. The highest BCUT2D eigenvalue weighted by molar-refractivity contribution is 7.99. The lowest BCUT2D eigenvalue weighted by atomic mass is 10.3. The molecule has 0 atom stereocenters. The molecular weight excluding hydrogens is 330 g/mol. The third-order valence-corrected chi connectivity index (χ3v) is 4.90. The minimum absolute atomic E-state index is 0.107. The van der Waals surface area contributed by atoms with Gasteiger partial charge in [-0.2, -0.15) is 0 Å². The molecule has 2 aromatic heterocycles. The molecular formula is C17H18ClN3OS. The van der Waals surface area contributed by atoms with E-state index in [4.69, 9.17) is 11.6 Å². The molecule has 3 aromatic rings. The summed E-state index contributed by atoms with van der Waals surface area (Å²) in [6.07, 6.45) is 2.89. The number of benzene rings is 1. The fourth-order valence-electron chi connectivity index (χ4n) is 2.59. The standard InChI is InChI=1S/C17H18ClN3OS/c1-3-8-21-14-7-6-12(18)10-13(14)19-17(21)23-11-16(22)15-5-4-9-20(15)2/h4-7,9-10H,3,8,11H2,1-2H3. The Hall–Kier alpha value is -1.72. The summed E-state index contributed by atoms with van der Waals surface area (Å²) in [5.74, 6) is 0.481. The van der Waals surface area contributed by atoms with Crippen molar-refractivity contribution < 1.29 is 4.79 Å². The molecule has 0 saturated heterocycles. The summed E-state index contributed by atoms with van der Waals surface area (Å²) in [5.41, 5.74) is 2.66. The highest BCUT2D eigenvalue weighted by Crippen LogP contribution is 2.27. The van der Waals surface area contributed by atoms with Crippen molar-refractivity contribution in [1.82, 2.24) is 14.1 Å². The summed E-state index contributed by atoms with van der Waals surface area (Å²) in [5, 5.41) is 1.54. The number of aromatic nitrogens is 3. The van der Waals surface area contributed by atoms with E-state index in [9.17, 15) is 4.79 Å². The maximum atomic E-state index is 12.3. The number of imidazole rings is 1. The van der Waals surface area contributed by atoms with E-state index in [2.05, 4.69) is 16.5 Å². The first kappa shape index (κ1) is 16.1. The van der Waals surface area contributed by atoms with Gasteiger partial charge < -0.3 is 9.13 Å². The number of Topliss-reactive ketones (excluding diaryl/α,β-unsaturated/α-hetero) is 1. The number of rotatable bonds is 6. The molecule has 0 aliphatic carbocycles. The third-order valence-electron chi connectivity index (χ3n) is 3.68. The van der Waals surface area contributed by atoms with Gasteiger partial charge in [0.2, 0.25) is 0 Å². The zero-order valence-corrected chi connectivity index (χ0v) is 14.7. The fourth-order valence-corrected chi connectivity index (χ4v) is 3.67. The summed E-state index contributed by atoms with van der Waals surface area (Å²) in [4.78, 5) is 17.0. The zero-order chi connectivity index (χ0) is 16.4. The molecule has 4 nitrogen and oxygen atoms in total. The smallest absolute Gasteiger partial charge is 0.189 e. The van der Waals surface area contributed by atoms with Gasteiger partial charge in [-0.05, 0) is 36.8 Å². The molecule has 0 spiro atoms. The number of thioether (sulfide) groups is 1. The second-order valence-corrected chi connectivity index (χ2v) is 6.77. The van der Waals surface area contributed by atoms with Crippen LogP contribution in [0.5, 0.6) is 0 Å². The first-order valence-electron chi connectivity index (χ1n) is 7.53. The van der Waals surface area contributed by atoms with Crippen LogP contribution in [0.4, 0.5) is 0 Å². The van der Waals surface area contributed by atoms with Gasteiger partial charge in [0, 0.05) is 24.8 Å². The maximum absolute atomic E-state index is 12.3. The molecule has 0 bridgehead atoms. The number of halogens is 1. The van der Waals surface area contributed by atoms with Crippen LogP contribution in [0.2, 0.25) is 5.02 Å². The van der Waals surface area contributed by atoms with E-state index in [0.29, 0.717) is 10.8 Å². The Kier molecular flexibility index (Phi) is 4.78. The quantitative estimate of drug-likeness (QED) is 0.489. The van der Waals surface area contributed by atoms with Gasteiger partial charge >= 0.3 is 0 Å². The van der Waals surface area contributed by atoms with Crippen LogP contribution in [0.15, 0.2) is 41.7 Å². The van der Waals surface area contributed by atoms with Gasteiger partial charge in [-0.1, -0.05) is 30.3 Å². The maximum Gasteiger partial charge on any atom is 0.189 e. The molecule has 6 heteroatoms. The van der Waals surface area contributed by atoms with Gasteiger partial charge in [-0.15, -0.1) is 0 Å². The number of carbonyl (C=O) groups is 1. The van der Waals surface area contributed by atoms with Gasteiger partial charge in [0.05, 0.1) is 22.5 Å². The topological polar surface area (TPSA) is 39.8 Å². The highest BCUT2D eigenvalue weighted by atomic mass is 35.5. The van der Waals surface area contributed by atoms with E-state index >= 15 is 0 Å². The Morgan fingerprint density at radius 1 is 1.35 bits per heavy atom. The van der Waals surface area contributed by atoms with Gasteiger partial charge in [0.1, 0.15) is 0 Å². The molecule has 2 heterocycles. The van der Waals surface area contributed by atoms with Crippen LogP contribution >= 0.6 is 23.4 Å². The second-order valence-electron chi connectivity index (χ2n) is 5.40. The lowest BCUT2D eigenvalue weighted by molar-refractivity contribution is 0.101. The number of ketones is 1. The fraction of sp³-hybridized carbons (Fsp3) is 0.294. The van der Waals surface area contributed by atoms with Gasteiger partial charge in [-0.25, -0.2) is 4.98 Å². The predicted molar refractivity (Wildman–Crippen MR) is 95.5 cm³/mol. The molecule has 0 amide bonds. The molecule has 0 unspecified atom stereocenters. The van der Waals surface area contributed by atoms with Crippen LogP contribution in [-0.4, -0.2) is 25.7 Å². The van der Waals surface area contributed by atoms with Crippen LogP contribution in [0.3, 0.4) is 0 Å². The molecule has 0 fully saturated rings. The molecule has 23 heavy (non-hydrogen) atoms. The van der Waals surface area contributed by atoms with Crippen molar-refractivity contribution in [2.24, 2.45) is 7.05 Å². The van der Waals surface area contributed by atoms with Crippen molar-refractivity contribution in [2.75, 3.05) is 5.75 Å². The molecule has 1 aromatic carbocycles. The molecule has 0 aliphatic heterocycles. The van der Waals surface area contributed by atoms with E-state index in [-0.39, 0.29) is 5.78 Å². The first-order chi connectivity index (χ1) is 11.1. The van der Waals surface area contributed by atoms with Crippen molar-refractivity contribution in [2.45, 2.75) is 25.0 Å². The van der Waals surface area contributed by atoms with Crippen LogP contribution in [0, 0.1) is 0 Å². The average molecular weight is 348 g/mol. The van der Waals surface area contributed by atoms with Gasteiger partial charge in [-0.3, -0.25) is 4.79 Å². The average Bonchev–Trinajstić information content (AvgIpc) is 3.09. The number of fused-ring (bicyclic) bond motifs is 1. The van der Waals surface area contributed by atoms with E-state index in [1.807, 2.05) is 48.1 Å². The van der Waals surface area contributed by atoms with Crippen molar-refractivity contribution >= 4 is 40.2 Å². The number of carbonyl (C=O) groups excluding carboxylic acids is 1. The van der Waals surface area contributed by atoms with Crippen LogP contribution in [0.1, 0.15) is 23.8 Å². The minimum Gasteiger partial charge on any atom is -0.348 e. The number of hydrogen-bond acceptors (Lipinski definition) is 3. The molecule has 0 N–H and O–H groups in total. The van der Waals surface area contributed by atoms with Crippen molar-refractivity contribution in [3.8, 4) is 0 Å². The Morgan fingerprint density at radius 2 is 2.17 bits per heavy atom. The van der Waals surface area contributed by atoms with E-state index in [0.717, 1.165) is 34.8 Å². The molecule has 0 radical (unpaired) electrons. The second kappa shape index (κ2) is 6.81. The molecule has 120 valence electrons. The van der Waals surface area contributed by atoms with Crippen molar-refractivity contribution in [1.29, 1.82) is 0 Å². The lowest BCUT2D eigenvalue weighted by Crippen LogP contribution is -2.09. The van der Waals surface area contributed by atoms with E-state index in [1.165, 1.54) is 11.8 Å². The molecule has 3 rings (SSSR count). The van der Waals surface area contributed by atoms with Crippen LogP contribution in [-0.2, 0) is 13.6 Å². The molecule has 0 aliphatic rings. The van der Waals surface area contributed by atoms with Crippen LogP contribution < -0.4 is 0 Å². The normalized spacial score (nSPS) is 11.3. The summed E-state index contributed by atoms with van der Waals surface area (Å²) < 4.78 is 4.01. The van der Waals surface area contributed by atoms with Gasteiger partial charge in [0.25, 0.3) is 0 Å². The Bertz CT molecular complexity index is 853. The summed E-state index contributed by atoms with van der Waals surface area (Å²) in [7, 11) is 1.88. The number of hydrogen-bond donors (Lipinski definition) is 0. The third kappa shape index (κ3) is 3.31. The van der Waals surface area contributed by atoms with Crippen molar-refractivity contribution in [3.63, 3.8) is 0 Å². The predicted octanol–water partition coefficient (Wildman–Crippen LogP) is 4.41. The number of aryl methyl sites for hydroxylation is 2. The number of nitrogens with zero attached hydrogens (tertiary/aromatic N) is 3. The van der Waals surface area contributed by atoms with E-state index in [1.54, 1.807) is 0 Å². The monoisotopic (exact) mass is 347 g/mol. The van der Waals surface area contributed by atoms with E-state index < -0.39 is 0 Å². The summed E-state index contributed by atoms with van der Waals surface area (Å²) in [6, 6.07) is 9.46. The zero-order valence-electron chi connectivity index (χ0n) is 13.1. The Balaban J connectivity index is 1.86. The Labute approximate surface area is 144 Å². The summed E-state index contributed by atoms with van der Waals surface area (Å²) in [6.45, 7) is 3.00. The first-order valence-corrected chi connectivity index (χ1v) is 8.89.